The number of phenols is 1. The van der Waals surface area contributed by atoms with Gasteiger partial charge in [-0.2, -0.15) is 0 Å². The van der Waals surface area contributed by atoms with Gasteiger partial charge >= 0.3 is 0 Å². The van der Waals surface area contributed by atoms with Crippen molar-refractivity contribution in [2.45, 2.75) is 26.3 Å². The first-order valence-corrected chi connectivity index (χ1v) is 8.21. The summed E-state index contributed by atoms with van der Waals surface area (Å²) in [5, 5.41) is 13.3. The van der Waals surface area contributed by atoms with Crippen LogP contribution in [0.25, 0.3) is 0 Å². The predicted octanol–water partition coefficient (Wildman–Crippen LogP) is 5.93. The third-order valence-corrected chi connectivity index (χ3v) is 4.47. The molecule has 112 valence electrons. The number of anilines is 1. The Labute approximate surface area is 140 Å². The molecule has 0 aromatic heterocycles. The van der Waals surface area contributed by atoms with Crippen molar-refractivity contribution in [3.63, 3.8) is 0 Å². The van der Waals surface area contributed by atoms with Gasteiger partial charge in [0.25, 0.3) is 0 Å². The highest BCUT2D eigenvalue weighted by molar-refractivity contribution is 9.10. The Morgan fingerprint density at radius 3 is 2.62 bits per heavy atom. The lowest BCUT2D eigenvalue weighted by Crippen LogP contribution is -2.11. The number of hydrogen-bond acceptors (Lipinski definition) is 2. The van der Waals surface area contributed by atoms with E-state index < -0.39 is 0 Å². The van der Waals surface area contributed by atoms with E-state index in [1.165, 1.54) is 6.07 Å². The monoisotopic (exact) mass is 415 g/mol. The van der Waals surface area contributed by atoms with E-state index in [1.54, 1.807) is 18.2 Å². The summed E-state index contributed by atoms with van der Waals surface area (Å²) >= 11 is 6.59. The average molecular weight is 417 g/mol. The lowest BCUT2D eigenvalue weighted by atomic mass is 10.0. The van der Waals surface area contributed by atoms with Crippen molar-refractivity contribution in [3.05, 3.63) is 56.2 Å². The molecule has 1 unspecified atom stereocenters. The summed E-state index contributed by atoms with van der Waals surface area (Å²) in [6.07, 6.45) is 0.765. The number of nitrogens with one attached hydrogen (secondary N) is 1. The highest BCUT2D eigenvalue weighted by atomic mass is 79.9. The molecule has 1 atom stereocenters. The quantitative estimate of drug-likeness (QED) is 0.647. The Morgan fingerprint density at radius 2 is 1.95 bits per heavy atom. The molecule has 0 radical (unpaired) electrons. The van der Waals surface area contributed by atoms with Gasteiger partial charge in [-0.3, -0.25) is 0 Å². The van der Waals surface area contributed by atoms with Gasteiger partial charge in [0, 0.05) is 15.7 Å². The molecule has 2 aromatic carbocycles. The first-order valence-electron chi connectivity index (χ1n) is 6.63. The second-order valence-corrected chi connectivity index (χ2v) is 6.66. The molecule has 0 amide bonds. The topological polar surface area (TPSA) is 32.3 Å². The lowest BCUT2D eigenvalue weighted by molar-refractivity contribution is 0.462. The minimum atomic E-state index is -0.309. The molecule has 2 aromatic rings. The molecule has 0 bridgehead atoms. The fourth-order valence-electron chi connectivity index (χ4n) is 2.19. The molecule has 5 heteroatoms. The van der Waals surface area contributed by atoms with Gasteiger partial charge in [0.1, 0.15) is 11.6 Å². The van der Waals surface area contributed by atoms with Crippen molar-refractivity contribution in [2.24, 2.45) is 0 Å². The van der Waals surface area contributed by atoms with Crippen LogP contribution in [0.3, 0.4) is 0 Å². The molecule has 21 heavy (non-hydrogen) atoms. The van der Waals surface area contributed by atoms with Crippen molar-refractivity contribution in [1.82, 2.24) is 0 Å². The molecule has 0 aliphatic heterocycles. The Hall–Kier alpha value is -1.07. The summed E-state index contributed by atoms with van der Waals surface area (Å²) in [5.41, 5.74) is 2.45. The van der Waals surface area contributed by atoms with E-state index in [0.717, 1.165) is 27.7 Å². The van der Waals surface area contributed by atoms with E-state index in [4.69, 9.17) is 0 Å². The third kappa shape index (κ3) is 3.77. The van der Waals surface area contributed by atoms with Gasteiger partial charge < -0.3 is 10.4 Å². The summed E-state index contributed by atoms with van der Waals surface area (Å²) in [4.78, 5) is 0. The standard InChI is InChI=1S/C16H16Br2FNO/c1-3-14(11-7-10(17)4-5-16(11)21)20-15-8-13(19)12(18)6-9(15)2/h4-8,14,20-21H,3H2,1-2H3. The summed E-state index contributed by atoms with van der Waals surface area (Å²) < 4.78 is 15.1. The smallest absolute Gasteiger partial charge is 0.139 e. The lowest BCUT2D eigenvalue weighted by Gasteiger charge is -2.21. The van der Waals surface area contributed by atoms with Crippen LogP contribution in [0.15, 0.2) is 39.3 Å². The molecule has 0 saturated heterocycles. The van der Waals surface area contributed by atoms with E-state index >= 15 is 0 Å². The molecule has 2 rings (SSSR count). The number of aryl methyl sites for hydroxylation is 1. The normalized spacial score (nSPS) is 12.2. The Morgan fingerprint density at radius 1 is 1.24 bits per heavy atom. The largest absolute Gasteiger partial charge is 0.508 e. The first-order chi connectivity index (χ1) is 9.92. The van der Waals surface area contributed by atoms with Gasteiger partial charge in [0.2, 0.25) is 0 Å². The molecular formula is C16H16Br2FNO. The summed E-state index contributed by atoms with van der Waals surface area (Å²) in [6.45, 7) is 3.93. The maximum Gasteiger partial charge on any atom is 0.139 e. The van der Waals surface area contributed by atoms with E-state index in [1.807, 2.05) is 19.9 Å². The number of phenolic OH excluding ortho intramolecular Hbond substituents is 1. The molecule has 0 aliphatic rings. The molecule has 0 aliphatic carbocycles. The highest BCUT2D eigenvalue weighted by Crippen LogP contribution is 2.33. The summed E-state index contributed by atoms with van der Waals surface area (Å²) in [6, 6.07) is 8.43. The third-order valence-electron chi connectivity index (χ3n) is 3.37. The van der Waals surface area contributed by atoms with Crippen LogP contribution in [0.4, 0.5) is 10.1 Å². The van der Waals surface area contributed by atoms with Gasteiger partial charge in [-0.1, -0.05) is 22.9 Å². The van der Waals surface area contributed by atoms with Crippen LogP contribution in [0.1, 0.15) is 30.5 Å². The van der Waals surface area contributed by atoms with Crippen molar-refractivity contribution in [1.29, 1.82) is 0 Å². The molecule has 0 heterocycles. The van der Waals surface area contributed by atoms with E-state index in [-0.39, 0.29) is 17.6 Å². The predicted molar refractivity (Wildman–Crippen MR) is 91.3 cm³/mol. The Kier molecular flexibility index (Phi) is 5.27. The van der Waals surface area contributed by atoms with Crippen molar-refractivity contribution >= 4 is 37.5 Å². The zero-order valence-electron chi connectivity index (χ0n) is 11.8. The van der Waals surface area contributed by atoms with Gasteiger partial charge in [0.05, 0.1) is 10.5 Å². The number of halogens is 3. The van der Waals surface area contributed by atoms with Crippen molar-refractivity contribution in [3.8, 4) is 5.75 Å². The van der Waals surface area contributed by atoms with Crippen LogP contribution in [-0.4, -0.2) is 5.11 Å². The van der Waals surface area contributed by atoms with Gasteiger partial charge in [-0.15, -0.1) is 0 Å². The molecule has 0 saturated carbocycles. The number of benzene rings is 2. The van der Waals surface area contributed by atoms with Crippen molar-refractivity contribution in [2.75, 3.05) is 5.32 Å². The first kappa shape index (κ1) is 16.3. The zero-order valence-corrected chi connectivity index (χ0v) is 14.9. The fraction of sp³-hybridized carbons (Fsp3) is 0.250. The molecule has 2 N–H and O–H groups in total. The molecule has 2 nitrogen and oxygen atoms in total. The van der Waals surface area contributed by atoms with Gasteiger partial charge in [0.15, 0.2) is 0 Å². The van der Waals surface area contributed by atoms with Crippen LogP contribution in [0, 0.1) is 12.7 Å². The SMILES string of the molecule is CCC(Nc1cc(F)c(Br)cc1C)c1cc(Br)ccc1O. The maximum absolute atomic E-state index is 13.7. The van der Waals surface area contributed by atoms with Gasteiger partial charge in [-0.25, -0.2) is 4.39 Å². The molecule has 0 spiro atoms. The van der Waals surface area contributed by atoms with E-state index in [2.05, 4.69) is 37.2 Å². The minimum Gasteiger partial charge on any atom is -0.508 e. The van der Waals surface area contributed by atoms with Crippen LogP contribution in [0.5, 0.6) is 5.75 Å². The van der Waals surface area contributed by atoms with Crippen molar-refractivity contribution < 1.29 is 9.50 Å². The minimum absolute atomic E-state index is 0.0956. The molecular weight excluding hydrogens is 401 g/mol. The van der Waals surface area contributed by atoms with Gasteiger partial charge in [-0.05, 0) is 65.2 Å². The number of hydrogen-bond donors (Lipinski definition) is 2. The molecule has 0 fully saturated rings. The van der Waals surface area contributed by atoms with Crippen LogP contribution in [0.2, 0.25) is 0 Å². The van der Waals surface area contributed by atoms with Crippen LogP contribution < -0.4 is 5.32 Å². The number of rotatable bonds is 4. The second kappa shape index (κ2) is 6.79. The fourth-order valence-corrected chi connectivity index (χ4v) is 3.03. The van der Waals surface area contributed by atoms with E-state index in [9.17, 15) is 9.50 Å². The Bertz CT molecular complexity index is 661. The van der Waals surface area contributed by atoms with E-state index in [0.29, 0.717) is 4.47 Å². The van der Waals surface area contributed by atoms with Crippen LogP contribution in [-0.2, 0) is 0 Å². The summed E-state index contributed by atoms with van der Waals surface area (Å²) in [5.74, 6) is -0.0794. The Balaban J connectivity index is 2.35. The zero-order chi connectivity index (χ0) is 15.6. The average Bonchev–Trinajstić information content (AvgIpc) is 2.44. The van der Waals surface area contributed by atoms with Crippen LogP contribution >= 0.6 is 31.9 Å². The highest BCUT2D eigenvalue weighted by Gasteiger charge is 2.16. The number of aromatic hydroxyl groups is 1. The second-order valence-electron chi connectivity index (χ2n) is 4.89. The maximum atomic E-state index is 13.7. The summed E-state index contributed by atoms with van der Waals surface area (Å²) in [7, 11) is 0.